The SMILES string of the molecule is Nc1c(OC(F)(F)F)ccc(CO)c1F. The van der Waals surface area contributed by atoms with Crippen LogP contribution in [0.15, 0.2) is 12.1 Å². The van der Waals surface area contributed by atoms with Gasteiger partial charge in [0.25, 0.3) is 0 Å². The van der Waals surface area contributed by atoms with Crippen molar-refractivity contribution in [2.24, 2.45) is 0 Å². The highest BCUT2D eigenvalue weighted by atomic mass is 19.4. The minimum Gasteiger partial charge on any atom is -0.403 e. The molecule has 0 bridgehead atoms. The Hall–Kier alpha value is -1.50. The monoisotopic (exact) mass is 225 g/mol. The Kier molecular flexibility index (Phi) is 3.04. The smallest absolute Gasteiger partial charge is 0.403 e. The van der Waals surface area contributed by atoms with Gasteiger partial charge in [0.05, 0.1) is 6.61 Å². The lowest BCUT2D eigenvalue weighted by atomic mass is 10.2. The van der Waals surface area contributed by atoms with E-state index in [1.165, 1.54) is 0 Å². The van der Waals surface area contributed by atoms with Crippen LogP contribution in [-0.4, -0.2) is 11.5 Å². The normalized spacial score (nSPS) is 11.5. The first-order valence-corrected chi connectivity index (χ1v) is 3.78. The van der Waals surface area contributed by atoms with Gasteiger partial charge in [-0.25, -0.2) is 4.39 Å². The molecule has 7 heteroatoms. The van der Waals surface area contributed by atoms with E-state index in [1.54, 1.807) is 0 Å². The molecule has 15 heavy (non-hydrogen) atoms. The summed E-state index contributed by atoms with van der Waals surface area (Å²) in [6, 6.07) is 1.81. The van der Waals surface area contributed by atoms with Gasteiger partial charge in [0.2, 0.25) is 0 Å². The average molecular weight is 225 g/mol. The fourth-order valence-corrected chi connectivity index (χ4v) is 0.956. The molecule has 1 aromatic carbocycles. The van der Waals surface area contributed by atoms with Crippen molar-refractivity contribution in [3.63, 3.8) is 0 Å². The maximum Gasteiger partial charge on any atom is 0.573 e. The van der Waals surface area contributed by atoms with E-state index in [4.69, 9.17) is 10.8 Å². The third-order valence-corrected chi connectivity index (χ3v) is 1.62. The molecule has 0 spiro atoms. The van der Waals surface area contributed by atoms with Gasteiger partial charge in [-0.3, -0.25) is 0 Å². The maximum atomic E-state index is 13.1. The second-order valence-corrected chi connectivity index (χ2v) is 2.66. The van der Waals surface area contributed by atoms with Crippen LogP contribution in [0.5, 0.6) is 5.75 Å². The molecule has 0 aromatic heterocycles. The van der Waals surface area contributed by atoms with Crippen LogP contribution in [0.1, 0.15) is 5.56 Å². The summed E-state index contributed by atoms with van der Waals surface area (Å²) in [7, 11) is 0. The highest BCUT2D eigenvalue weighted by Crippen LogP contribution is 2.31. The van der Waals surface area contributed by atoms with E-state index in [1.807, 2.05) is 0 Å². The van der Waals surface area contributed by atoms with E-state index in [0.29, 0.717) is 0 Å². The fourth-order valence-electron chi connectivity index (χ4n) is 0.956. The van der Waals surface area contributed by atoms with E-state index in [0.717, 1.165) is 12.1 Å². The van der Waals surface area contributed by atoms with Crippen molar-refractivity contribution >= 4 is 5.69 Å². The third-order valence-electron chi connectivity index (χ3n) is 1.62. The lowest BCUT2D eigenvalue weighted by Gasteiger charge is -2.12. The largest absolute Gasteiger partial charge is 0.573 e. The zero-order valence-electron chi connectivity index (χ0n) is 7.31. The van der Waals surface area contributed by atoms with Crippen LogP contribution in [-0.2, 0) is 6.61 Å². The van der Waals surface area contributed by atoms with Crippen molar-refractivity contribution in [3.05, 3.63) is 23.5 Å². The summed E-state index contributed by atoms with van der Waals surface area (Å²) < 4.78 is 51.9. The molecule has 0 aliphatic carbocycles. The van der Waals surface area contributed by atoms with Crippen molar-refractivity contribution in [2.75, 3.05) is 5.73 Å². The molecule has 3 nitrogen and oxygen atoms in total. The zero-order valence-corrected chi connectivity index (χ0v) is 7.31. The number of aliphatic hydroxyl groups excluding tert-OH is 1. The summed E-state index contributed by atoms with van der Waals surface area (Å²) in [5, 5.41) is 8.61. The lowest BCUT2D eigenvalue weighted by Crippen LogP contribution is -2.18. The molecular formula is C8H7F4NO2. The molecule has 3 N–H and O–H groups in total. The van der Waals surface area contributed by atoms with Gasteiger partial charge in [0.15, 0.2) is 11.6 Å². The number of aliphatic hydroxyl groups is 1. The van der Waals surface area contributed by atoms with Gasteiger partial charge in [-0.2, -0.15) is 0 Å². The summed E-state index contributed by atoms with van der Waals surface area (Å²) in [6.45, 7) is -0.650. The standard InChI is InChI=1S/C8H7F4NO2/c9-6-4(3-14)1-2-5(7(6)13)15-8(10,11)12/h1-2,14H,3,13H2. The summed E-state index contributed by atoms with van der Waals surface area (Å²) in [6.07, 6.45) is -4.93. The molecule has 0 amide bonds. The maximum absolute atomic E-state index is 13.1. The highest BCUT2D eigenvalue weighted by molar-refractivity contribution is 5.55. The number of alkyl halides is 3. The number of nitrogen functional groups attached to an aromatic ring is 1. The molecule has 0 unspecified atom stereocenters. The first-order valence-electron chi connectivity index (χ1n) is 3.78. The topological polar surface area (TPSA) is 55.5 Å². The molecule has 1 aromatic rings. The molecule has 0 saturated carbocycles. The number of rotatable bonds is 2. The number of hydrogen-bond donors (Lipinski definition) is 2. The van der Waals surface area contributed by atoms with Crippen LogP contribution in [0.2, 0.25) is 0 Å². The first kappa shape index (κ1) is 11.6. The predicted octanol–water partition coefficient (Wildman–Crippen LogP) is 1.80. The summed E-state index contributed by atoms with van der Waals surface area (Å²) in [5.74, 6) is -1.93. The Bertz CT molecular complexity index is 364. The van der Waals surface area contributed by atoms with E-state index in [2.05, 4.69) is 4.74 Å². The molecular weight excluding hydrogens is 218 g/mol. The van der Waals surface area contributed by atoms with Gasteiger partial charge in [-0.05, 0) is 12.1 Å². The third kappa shape index (κ3) is 2.72. The second-order valence-electron chi connectivity index (χ2n) is 2.66. The lowest BCUT2D eigenvalue weighted by molar-refractivity contribution is -0.274. The summed E-state index contributed by atoms with van der Waals surface area (Å²) in [4.78, 5) is 0. The zero-order chi connectivity index (χ0) is 11.6. The van der Waals surface area contributed by atoms with Crippen LogP contribution in [0.4, 0.5) is 23.2 Å². The Labute approximate surface area is 82.1 Å². The van der Waals surface area contributed by atoms with Gasteiger partial charge in [0, 0.05) is 5.56 Å². The molecule has 0 radical (unpaired) electrons. The average Bonchev–Trinajstić information content (AvgIpc) is 2.11. The van der Waals surface area contributed by atoms with E-state index in [9.17, 15) is 17.6 Å². The number of halogens is 4. The first-order chi connectivity index (χ1) is 6.85. The minimum atomic E-state index is -4.93. The molecule has 0 aliphatic rings. The summed E-state index contributed by atoms with van der Waals surface area (Å²) in [5.41, 5.74) is 4.08. The fraction of sp³-hybridized carbons (Fsp3) is 0.250. The molecule has 0 aliphatic heterocycles. The Morgan fingerprint density at radius 3 is 2.40 bits per heavy atom. The number of hydrogen-bond acceptors (Lipinski definition) is 3. The van der Waals surface area contributed by atoms with Crippen molar-refractivity contribution in [1.29, 1.82) is 0 Å². The number of ether oxygens (including phenoxy) is 1. The Morgan fingerprint density at radius 2 is 1.93 bits per heavy atom. The van der Waals surface area contributed by atoms with Gasteiger partial charge in [0.1, 0.15) is 5.69 Å². The van der Waals surface area contributed by atoms with Crippen LogP contribution in [0, 0.1) is 5.82 Å². The molecule has 0 fully saturated rings. The quantitative estimate of drug-likeness (QED) is 0.596. The molecule has 84 valence electrons. The van der Waals surface area contributed by atoms with Crippen LogP contribution in [0.25, 0.3) is 0 Å². The minimum absolute atomic E-state index is 0.193. The summed E-state index contributed by atoms with van der Waals surface area (Å²) >= 11 is 0. The number of nitrogens with two attached hydrogens (primary N) is 1. The van der Waals surface area contributed by atoms with Crippen LogP contribution >= 0.6 is 0 Å². The van der Waals surface area contributed by atoms with E-state index < -0.39 is 30.2 Å². The van der Waals surface area contributed by atoms with Crippen LogP contribution in [0.3, 0.4) is 0 Å². The molecule has 1 rings (SSSR count). The molecule has 0 heterocycles. The van der Waals surface area contributed by atoms with Crippen molar-refractivity contribution in [2.45, 2.75) is 13.0 Å². The molecule has 0 saturated heterocycles. The predicted molar refractivity (Wildman–Crippen MR) is 43.4 cm³/mol. The van der Waals surface area contributed by atoms with Crippen molar-refractivity contribution in [1.82, 2.24) is 0 Å². The second kappa shape index (κ2) is 3.93. The molecule has 0 atom stereocenters. The van der Waals surface area contributed by atoms with Crippen LogP contribution < -0.4 is 10.5 Å². The van der Waals surface area contributed by atoms with Gasteiger partial charge < -0.3 is 15.6 Å². The number of benzene rings is 1. The Balaban J connectivity index is 3.07. The van der Waals surface area contributed by atoms with Gasteiger partial charge >= 0.3 is 6.36 Å². The van der Waals surface area contributed by atoms with Gasteiger partial charge in [-0.15, -0.1) is 13.2 Å². The van der Waals surface area contributed by atoms with E-state index >= 15 is 0 Å². The van der Waals surface area contributed by atoms with Crippen molar-refractivity contribution in [3.8, 4) is 5.75 Å². The highest BCUT2D eigenvalue weighted by Gasteiger charge is 2.32. The van der Waals surface area contributed by atoms with Crippen molar-refractivity contribution < 1.29 is 27.4 Å². The Morgan fingerprint density at radius 1 is 1.33 bits per heavy atom. The van der Waals surface area contributed by atoms with E-state index in [-0.39, 0.29) is 5.56 Å². The number of anilines is 1. The van der Waals surface area contributed by atoms with Gasteiger partial charge in [-0.1, -0.05) is 0 Å².